The molecule has 0 atom stereocenters. The van der Waals surface area contributed by atoms with Crippen molar-refractivity contribution in [2.45, 2.75) is 27.3 Å². The molecule has 0 aliphatic rings. The number of nitrogens with one attached hydrogen (secondary N) is 2. The Morgan fingerprint density at radius 3 is 2.38 bits per heavy atom. The molecule has 0 fully saturated rings. The van der Waals surface area contributed by atoms with Gasteiger partial charge < -0.3 is 10.6 Å². The molecule has 134 valence electrons. The highest BCUT2D eigenvalue weighted by molar-refractivity contribution is 7.20. The molecule has 3 aromatic rings. The van der Waals surface area contributed by atoms with Crippen LogP contribution in [0.2, 0.25) is 0 Å². The Kier molecular flexibility index (Phi) is 4.99. The van der Waals surface area contributed by atoms with Gasteiger partial charge in [-0.1, -0.05) is 12.1 Å². The molecule has 0 unspecified atom stereocenters. The van der Waals surface area contributed by atoms with Crippen LogP contribution in [0.25, 0.3) is 10.2 Å². The van der Waals surface area contributed by atoms with E-state index >= 15 is 0 Å². The molecule has 0 aliphatic carbocycles. The Hall–Kier alpha value is -2.80. The third-order valence-corrected chi connectivity index (χ3v) is 5.37. The summed E-state index contributed by atoms with van der Waals surface area (Å²) in [5, 5.41) is 6.48. The van der Waals surface area contributed by atoms with E-state index in [1.807, 2.05) is 32.9 Å². The van der Waals surface area contributed by atoms with Gasteiger partial charge in [0.15, 0.2) is 0 Å². The number of fused-ring (bicyclic) bond motifs is 1. The van der Waals surface area contributed by atoms with Crippen molar-refractivity contribution in [2.24, 2.45) is 0 Å². The summed E-state index contributed by atoms with van der Waals surface area (Å²) in [5.74, 6) is 0.450. The van der Waals surface area contributed by atoms with Crippen LogP contribution in [0.3, 0.4) is 0 Å². The summed E-state index contributed by atoms with van der Waals surface area (Å²) in [5.41, 5.74) is 3.32. The highest BCUT2D eigenvalue weighted by Gasteiger charge is 2.18. The smallest absolute Gasteiger partial charge is 0.261 e. The molecule has 2 N–H and O–H groups in total. The molecule has 0 spiro atoms. The van der Waals surface area contributed by atoms with Gasteiger partial charge >= 0.3 is 0 Å². The number of rotatable bonds is 4. The summed E-state index contributed by atoms with van der Waals surface area (Å²) in [7, 11) is 1.59. The van der Waals surface area contributed by atoms with Gasteiger partial charge in [-0.25, -0.2) is 9.97 Å². The second kappa shape index (κ2) is 7.21. The van der Waals surface area contributed by atoms with Crippen molar-refractivity contribution >= 4 is 33.4 Å². The topological polar surface area (TPSA) is 84.0 Å². The summed E-state index contributed by atoms with van der Waals surface area (Å²) in [6.45, 7) is 6.11. The van der Waals surface area contributed by atoms with Crippen LogP contribution in [0, 0.1) is 20.8 Å². The van der Waals surface area contributed by atoms with Crippen LogP contribution in [0.1, 0.15) is 42.7 Å². The van der Waals surface area contributed by atoms with Crippen molar-refractivity contribution in [3.8, 4) is 0 Å². The van der Waals surface area contributed by atoms with E-state index in [4.69, 9.17) is 0 Å². The van der Waals surface area contributed by atoms with Crippen molar-refractivity contribution in [1.82, 2.24) is 20.6 Å². The van der Waals surface area contributed by atoms with E-state index in [1.54, 1.807) is 19.2 Å². The van der Waals surface area contributed by atoms with Crippen LogP contribution < -0.4 is 10.6 Å². The van der Waals surface area contributed by atoms with Crippen LogP contribution in [-0.2, 0) is 6.54 Å². The van der Waals surface area contributed by atoms with Gasteiger partial charge in [-0.15, -0.1) is 11.3 Å². The number of hydrogen-bond donors (Lipinski definition) is 2. The van der Waals surface area contributed by atoms with Gasteiger partial charge in [0.05, 0.1) is 4.88 Å². The number of benzene rings is 1. The Morgan fingerprint density at radius 2 is 1.73 bits per heavy atom. The lowest BCUT2D eigenvalue weighted by Crippen LogP contribution is -2.22. The fourth-order valence-corrected chi connectivity index (χ4v) is 4.07. The number of amides is 2. The minimum atomic E-state index is -0.131. The number of aromatic nitrogens is 2. The maximum Gasteiger partial charge on any atom is 0.261 e. The lowest BCUT2D eigenvalue weighted by Gasteiger charge is -2.06. The highest BCUT2D eigenvalue weighted by atomic mass is 32.1. The standard InChI is InChI=1S/C19H20N4O2S/c1-10-15-11(2)22-12(3)23-19(15)26-16(10)18(25)21-9-13-5-7-14(8-6-13)17(24)20-4/h5-8H,9H2,1-4H3,(H,20,24)(H,21,25). The van der Waals surface area contributed by atoms with Gasteiger partial charge in [0.1, 0.15) is 10.7 Å². The van der Waals surface area contributed by atoms with Gasteiger partial charge in [-0.2, -0.15) is 0 Å². The maximum atomic E-state index is 12.6. The lowest BCUT2D eigenvalue weighted by atomic mass is 10.1. The zero-order chi connectivity index (χ0) is 18.8. The Labute approximate surface area is 155 Å². The van der Waals surface area contributed by atoms with Gasteiger partial charge in [0.25, 0.3) is 11.8 Å². The van der Waals surface area contributed by atoms with Crippen LogP contribution in [0.5, 0.6) is 0 Å². The van der Waals surface area contributed by atoms with Crippen LogP contribution in [-0.4, -0.2) is 28.8 Å². The molecule has 0 radical (unpaired) electrons. The summed E-state index contributed by atoms with van der Waals surface area (Å²) >= 11 is 1.39. The second-order valence-corrected chi connectivity index (χ2v) is 7.05. The van der Waals surface area contributed by atoms with Crippen LogP contribution in [0.4, 0.5) is 0 Å². The fraction of sp³-hybridized carbons (Fsp3) is 0.263. The molecule has 2 amide bonds. The zero-order valence-electron chi connectivity index (χ0n) is 15.1. The first-order valence-corrected chi connectivity index (χ1v) is 9.06. The first-order valence-electron chi connectivity index (χ1n) is 8.24. The fourth-order valence-electron chi connectivity index (χ4n) is 2.87. The number of hydrogen-bond acceptors (Lipinski definition) is 5. The largest absolute Gasteiger partial charge is 0.355 e. The molecule has 2 aromatic heterocycles. The molecular formula is C19H20N4O2S. The Bertz CT molecular complexity index is 993. The van der Waals surface area contributed by atoms with E-state index in [1.165, 1.54) is 11.3 Å². The van der Waals surface area contributed by atoms with Crippen LogP contribution >= 0.6 is 11.3 Å². The van der Waals surface area contributed by atoms with E-state index in [2.05, 4.69) is 20.6 Å². The Morgan fingerprint density at radius 1 is 1.04 bits per heavy atom. The minimum Gasteiger partial charge on any atom is -0.355 e. The third-order valence-electron chi connectivity index (χ3n) is 4.19. The summed E-state index contributed by atoms with van der Waals surface area (Å²) in [6.07, 6.45) is 0. The first kappa shape index (κ1) is 18.0. The van der Waals surface area contributed by atoms with Gasteiger partial charge in [0.2, 0.25) is 0 Å². The van der Waals surface area contributed by atoms with E-state index in [0.717, 1.165) is 27.0 Å². The monoisotopic (exact) mass is 368 g/mol. The van der Waals surface area contributed by atoms with Crippen molar-refractivity contribution in [3.05, 3.63) is 57.4 Å². The molecular weight excluding hydrogens is 348 g/mol. The molecule has 1 aromatic carbocycles. The number of carbonyl (C=O) groups excluding carboxylic acids is 2. The second-order valence-electron chi connectivity index (χ2n) is 6.05. The van der Waals surface area contributed by atoms with E-state index in [0.29, 0.717) is 22.8 Å². The van der Waals surface area contributed by atoms with Crippen molar-refractivity contribution in [1.29, 1.82) is 0 Å². The van der Waals surface area contributed by atoms with Crippen molar-refractivity contribution < 1.29 is 9.59 Å². The molecule has 0 bridgehead atoms. The number of carbonyl (C=O) groups is 2. The quantitative estimate of drug-likeness (QED) is 0.742. The maximum absolute atomic E-state index is 12.6. The van der Waals surface area contributed by atoms with E-state index < -0.39 is 0 Å². The minimum absolute atomic E-state index is 0.127. The van der Waals surface area contributed by atoms with Crippen LogP contribution in [0.15, 0.2) is 24.3 Å². The third kappa shape index (κ3) is 3.43. The van der Waals surface area contributed by atoms with Gasteiger partial charge in [0, 0.05) is 30.2 Å². The molecule has 26 heavy (non-hydrogen) atoms. The molecule has 0 saturated heterocycles. The summed E-state index contributed by atoms with van der Waals surface area (Å²) < 4.78 is 0. The van der Waals surface area contributed by atoms with Crippen molar-refractivity contribution in [3.63, 3.8) is 0 Å². The lowest BCUT2D eigenvalue weighted by molar-refractivity contribution is 0.0948. The summed E-state index contributed by atoms with van der Waals surface area (Å²) in [6, 6.07) is 7.16. The van der Waals surface area contributed by atoms with E-state index in [9.17, 15) is 9.59 Å². The first-order chi connectivity index (χ1) is 12.4. The number of aryl methyl sites for hydroxylation is 3. The highest BCUT2D eigenvalue weighted by Crippen LogP contribution is 2.31. The number of thiophene rings is 1. The predicted octanol–water partition coefficient (Wildman–Crippen LogP) is 2.91. The SMILES string of the molecule is CNC(=O)c1ccc(CNC(=O)c2sc3nc(C)nc(C)c3c2C)cc1. The predicted molar refractivity (Wildman–Crippen MR) is 103 cm³/mol. The molecule has 2 heterocycles. The molecule has 6 nitrogen and oxygen atoms in total. The zero-order valence-corrected chi connectivity index (χ0v) is 16.0. The summed E-state index contributed by atoms with van der Waals surface area (Å²) in [4.78, 5) is 34.5. The van der Waals surface area contributed by atoms with Gasteiger partial charge in [-0.3, -0.25) is 9.59 Å². The molecule has 0 aliphatic heterocycles. The van der Waals surface area contributed by atoms with E-state index in [-0.39, 0.29) is 11.8 Å². The average molecular weight is 368 g/mol. The normalized spacial score (nSPS) is 10.8. The average Bonchev–Trinajstić information content (AvgIpc) is 2.96. The molecule has 3 rings (SSSR count). The van der Waals surface area contributed by atoms with Gasteiger partial charge in [-0.05, 0) is 44.0 Å². The molecule has 0 saturated carbocycles. The molecule has 7 heteroatoms. The van der Waals surface area contributed by atoms with Crippen molar-refractivity contribution in [2.75, 3.05) is 7.05 Å². The number of nitrogens with zero attached hydrogens (tertiary/aromatic N) is 2. The Balaban J connectivity index is 1.76.